The standard InChI is InChI=1S/C24H19FN2O2/c1-15-12-16(2)14-19(13-15)26-22-21(17-6-4-3-5-7-17)23(28)27(24(22)29)20-10-8-18(25)9-11-20/h3-14,26H,1-2H3. The van der Waals surface area contributed by atoms with E-state index in [9.17, 15) is 14.0 Å². The molecule has 0 fully saturated rings. The van der Waals surface area contributed by atoms with Crippen molar-refractivity contribution in [1.82, 2.24) is 0 Å². The zero-order chi connectivity index (χ0) is 20.5. The second-order valence-electron chi connectivity index (χ2n) is 7.04. The fraction of sp³-hybridized carbons (Fsp3) is 0.0833. The number of halogens is 1. The van der Waals surface area contributed by atoms with E-state index in [1.165, 1.54) is 24.3 Å². The van der Waals surface area contributed by atoms with Crippen LogP contribution in [-0.4, -0.2) is 11.8 Å². The minimum atomic E-state index is -0.473. The van der Waals surface area contributed by atoms with Crippen LogP contribution in [0, 0.1) is 19.7 Å². The number of anilines is 2. The SMILES string of the molecule is Cc1cc(C)cc(NC2=C(c3ccccc3)C(=O)N(c3ccc(F)cc3)C2=O)c1. The van der Waals surface area contributed by atoms with Crippen LogP contribution in [0.25, 0.3) is 5.57 Å². The van der Waals surface area contributed by atoms with Crippen LogP contribution < -0.4 is 10.2 Å². The number of carbonyl (C=O) groups excluding carboxylic acids is 2. The third-order valence-electron chi connectivity index (χ3n) is 4.72. The van der Waals surface area contributed by atoms with E-state index < -0.39 is 17.6 Å². The first-order valence-electron chi connectivity index (χ1n) is 9.23. The van der Waals surface area contributed by atoms with Crippen molar-refractivity contribution < 1.29 is 14.0 Å². The fourth-order valence-electron chi connectivity index (χ4n) is 3.53. The van der Waals surface area contributed by atoms with Crippen molar-refractivity contribution in [2.45, 2.75) is 13.8 Å². The lowest BCUT2D eigenvalue weighted by atomic mass is 10.0. The Kier molecular flexibility index (Phi) is 4.72. The van der Waals surface area contributed by atoms with Gasteiger partial charge < -0.3 is 5.32 Å². The molecule has 144 valence electrons. The number of nitrogens with one attached hydrogen (secondary N) is 1. The van der Waals surface area contributed by atoms with Crippen molar-refractivity contribution in [3.05, 3.63) is 101 Å². The van der Waals surface area contributed by atoms with Crippen molar-refractivity contribution >= 4 is 28.8 Å². The molecule has 4 rings (SSSR count). The van der Waals surface area contributed by atoms with Crippen LogP contribution in [0.5, 0.6) is 0 Å². The average molecular weight is 386 g/mol. The summed E-state index contributed by atoms with van der Waals surface area (Å²) in [4.78, 5) is 27.6. The van der Waals surface area contributed by atoms with Crippen molar-refractivity contribution in [3.63, 3.8) is 0 Å². The summed E-state index contributed by atoms with van der Waals surface area (Å²) in [6.45, 7) is 3.94. The molecule has 1 N–H and O–H groups in total. The number of amides is 2. The number of rotatable bonds is 4. The molecular formula is C24H19FN2O2. The topological polar surface area (TPSA) is 49.4 Å². The molecular weight excluding hydrogens is 367 g/mol. The monoisotopic (exact) mass is 386 g/mol. The third-order valence-corrected chi connectivity index (χ3v) is 4.72. The first-order chi connectivity index (χ1) is 13.9. The number of hydrogen-bond acceptors (Lipinski definition) is 3. The lowest BCUT2D eigenvalue weighted by molar-refractivity contribution is -0.120. The number of aryl methyl sites for hydroxylation is 2. The molecule has 3 aromatic carbocycles. The molecule has 4 nitrogen and oxygen atoms in total. The smallest absolute Gasteiger partial charge is 0.282 e. The largest absolute Gasteiger partial charge is 0.350 e. The molecule has 0 unspecified atom stereocenters. The number of hydrogen-bond donors (Lipinski definition) is 1. The van der Waals surface area contributed by atoms with Gasteiger partial charge in [-0.1, -0.05) is 36.4 Å². The zero-order valence-electron chi connectivity index (χ0n) is 16.1. The molecule has 0 saturated carbocycles. The van der Waals surface area contributed by atoms with Gasteiger partial charge in [-0.05, 0) is 66.9 Å². The van der Waals surface area contributed by atoms with E-state index in [-0.39, 0.29) is 5.70 Å². The molecule has 29 heavy (non-hydrogen) atoms. The summed E-state index contributed by atoms with van der Waals surface area (Å²) in [5, 5.41) is 3.16. The van der Waals surface area contributed by atoms with Crippen molar-refractivity contribution in [1.29, 1.82) is 0 Å². The first kappa shape index (κ1) is 18.6. The summed E-state index contributed by atoms with van der Waals surface area (Å²) in [5.74, 6) is -1.35. The van der Waals surface area contributed by atoms with Gasteiger partial charge in [-0.15, -0.1) is 0 Å². The molecule has 0 atom stereocenters. The predicted molar refractivity (Wildman–Crippen MR) is 112 cm³/mol. The van der Waals surface area contributed by atoms with E-state index in [1.54, 1.807) is 12.1 Å². The van der Waals surface area contributed by atoms with Crippen LogP contribution in [0.2, 0.25) is 0 Å². The van der Waals surface area contributed by atoms with E-state index in [2.05, 4.69) is 5.32 Å². The summed E-state index contributed by atoms with van der Waals surface area (Å²) in [6.07, 6.45) is 0. The maximum absolute atomic E-state index is 13.3. The normalized spacial score (nSPS) is 14.0. The molecule has 3 aromatic rings. The Morgan fingerprint density at radius 1 is 0.793 bits per heavy atom. The van der Waals surface area contributed by atoms with Crippen LogP contribution in [0.3, 0.4) is 0 Å². The molecule has 1 aliphatic rings. The number of carbonyl (C=O) groups is 2. The van der Waals surface area contributed by atoms with E-state index in [4.69, 9.17) is 0 Å². The van der Waals surface area contributed by atoms with Gasteiger partial charge in [0.1, 0.15) is 11.5 Å². The Hall–Kier alpha value is -3.73. The van der Waals surface area contributed by atoms with E-state index >= 15 is 0 Å². The van der Waals surface area contributed by atoms with Gasteiger partial charge in [0.25, 0.3) is 11.8 Å². The van der Waals surface area contributed by atoms with E-state index in [1.807, 2.05) is 50.2 Å². The minimum absolute atomic E-state index is 0.204. The Morgan fingerprint density at radius 2 is 1.41 bits per heavy atom. The van der Waals surface area contributed by atoms with Crippen LogP contribution in [0.15, 0.2) is 78.5 Å². The fourth-order valence-corrected chi connectivity index (χ4v) is 3.53. The molecule has 1 aliphatic heterocycles. The number of benzene rings is 3. The molecule has 2 amide bonds. The van der Waals surface area contributed by atoms with Crippen LogP contribution in [0.1, 0.15) is 16.7 Å². The molecule has 0 spiro atoms. The maximum Gasteiger partial charge on any atom is 0.282 e. The van der Waals surface area contributed by atoms with E-state index in [0.29, 0.717) is 16.8 Å². The zero-order valence-corrected chi connectivity index (χ0v) is 16.1. The van der Waals surface area contributed by atoms with Crippen molar-refractivity contribution in [2.75, 3.05) is 10.2 Å². The highest BCUT2D eigenvalue weighted by Crippen LogP contribution is 2.34. The van der Waals surface area contributed by atoms with Crippen molar-refractivity contribution in [3.8, 4) is 0 Å². The molecule has 0 radical (unpaired) electrons. The predicted octanol–water partition coefficient (Wildman–Crippen LogP) is 4.84. The minimum Gasteiger partial charge on any atom is -0.350 e. The average Bonchev–Trinajstić information content (AvgIpc) is 2.92. The summed E-state index contributed by atoms with van der Waals surface area (Å²) in [5.41, 5.74) is 4.28. The van der Waals surface area contributed by atoms with Gasteiger partial charge in [-0.25, -0.2) is 9.29 Å². The van der Waals surface area contributed by atoms with Crippen LogP contribution in [0.4, 0.5) is 15.8 Å². The molecule has 1 heterocycles. The van der Waals surface area contributed by atoms with Gasteiger partial charge in [0.15, 0.2) is 0 Å². The Labute approximate surface area is 168 Å². The maximum atomic E-state index is 13.3. The lowest BCUT2D eigenvalue weighted by Gasteiger charge is -2.15. The number of nitrogens with zero attached hydrogens (tertiary/aromatic N) is 1. The van der Waals surface area contributed by atoms with Gasteiger partial charge >= 0.3 is 0 Å². The van der Waals surface area contributed by atoms with Crippen molar-refractivity contribution in [2.24, 2.45) is 0 Å². The van der Waals surface area contributed by atoms with Gasteiger partial charge in [0, 0.05) is 5.69 Å². The molecule has 0 bridgehead atoms. The number of imide groups is 1. The lowest BCUT2D eigenvalue weighted by Crippen LogP contribution is -2.32. The summed E-state index contributed by atoms with van der Waals surface area (Å²) in [6, 6.07) is 20.2. The van der Waals surface area contributed by atoms with Gasteiger partial charge in [0.05, 0.1) is 11.3 Å². The summed E-state index contributed by atoms with van der Waals surface area (Å²) in [7, 11) is 0. The highest BCUT2D eigenvalue weighted by atomic mass is 19.1. The second-order valence-corrected chi connectivity index (χ2v) is 7.04. The van der Waals surface area contributed by atoms with Gasteiger partial charge in [-0.3, -0.25) is 9.59 Å². The molecule has 0 saturated heterocycles. The Morgan fingerprint density at radius 3 is 2.03 bits per heavy atom. The molecule has 0 aliphatic carbocycles. The summed E-state index contributed by atoms with van der Waals surface area (Å²) < 4.78 is 13.3. The van der Waals surface area contributed by atoms with Crippen LogP contribution in [-0.2, 0) is 9.59 Å². The molecule has 5 heteroatoms. The molecule has 0 aromatic heterocycles. The Balaban J connectivity index is 1.82. The van der Waals surface area contributed by atoms with Crippen LogP contribution >= 0.6 is 0 Å². The van der Waals surface area contributed by atoms with Gasteiger partial charge in [-0.2, -0.15) is 0 Å². The quantitative estimate of drug-likeness (QED) is 0.653. The highest BCUT2D eigenvalue weighted by Gasteiger charge is 2.40. The highest BCUT2D eigenvalue weighted by molar-refractivity contribution is 6.46. The van der Waals surface area contributed by atoms with Gasteiger partial charge in [0.2, 0.25) is 0 Å². The first-order valence-corrected chi connectivity index (χ1v) is 9.23. The van der Waals surface area contributed by atoms with E-state index in [0.717, 1.165) is 21.7 Å². The Bertz CT molecular complexity index is 1120. The summed E-state index contributed by atoms with van der Waals surface area (Å²) >= 11 is 0. The second kappa shape index (κ2) is 7.36. The third kappa shape index (κ3) is 3.55.